The minimum absolute atomic E-state index is 0.106. The summed E-state index contributed by atoms with van der Waals surface area (Å²) in [6, 6.07) is 17.6. The number of aromatic nitrogens is 1. The first-order valence-electron chi connectivity index (χ1n) is 13.2. The number of furan rings is 1. The van der Waals surface area contributed by atoms with E-state index in [9.17, 15) is 0 Å². The Balaban J connectivity index is 1.70. The summed E-state index contributed by atoms with van der Waals surface area (Å²) in [6.45, 7) is 19.0. The molecule has 190 valence electrons. The van der Waals surface area contributed by atoms with Crippen molar-refractivity contribution >= 4 is 27.6 Å². The molecule has 0 radical (unpaired) electrons. The van der Waals surface area contributed by atoms with E-state index in [0.29, 0.717) is 22.4 Å². The van der Waals surface area contributed by atoms with Gasteiger partial charge in [0.2, 0.25) is 5.69 Å². The molecule has 0 N–H and O–H groups in total. The molecule has 3 aromatic carbocycles. The van der Waals surface area contributed by atoms with Gasteiger partial charge in [-0.3, -0.25) is 0 Å². The number of fused-ring (bicyclic) bond motifs is 4. The lowest BCUT2D eigenvalue weighted by molar-refractivity contribution is -0.660. The molecule has 1 aliphatic rings. The number of nitrogens with zero attached hydrogens (tertiary/aromatic N) is 2. The van der Waals surface area contributed by atoms with Gasteiger partial charge in [-0.25, -0.2) is 13.8 Å². The van der Waals surface area contributed by atoms with Crippen molar-refractivity contribution in [3.63, 3.8) is 0 Å². The standard InChI is InChI=1S/C34H32FN2O/c1-20-11-12-22-23-13-14-25(35)29(32(23)38-31(22)28(20)27-10-8-9-17-37(27)7)21-18-24-30(26(19-21)36-6)34(4,5)16-15-33(24,2)3/h8-14,17-19H,15-16H2,1-5,7H3/q+1. The molecule has 38 heavy (non-hydrogen) atoms. The molecule has 1 aliphatic carbocycles. The van der Waals surface area contributed by atoms with Gasteiger partial charge in [0.05, 0.1) is 17.7 Å². The molecule has 0 saturated heterocycles. The summed E-state index contributed by atoms with van der Waals surface area (Å²) in [5.41, 5.74) is 8.15. The van der Waals surface area contributed by atoms with E-state index in [1.807, 2.05) is 37.5 Å². The molecule has 3 nitrogen and oxygen atoms in total. The second-order valence-corrected chi connectivity index (χ2v) is 12.0. The number of hydrogen-bond donors (Lipinski definition) is 0. The molecule has 2 heterocycles. The van der Waals surface area contributed by atoms with Crippen LogP contribution in [0, 0.1) is 19.3 Å². The zero-order valence-electron chi connectivity index (χ0n) is 22.9. The van der Waals surface area contributed by atoms with Gasteiger partial charge in [0.25, 0.3) is 0 Å². The van der Waals surface area contributed by atoms with Crippen molar-refractivity contribution < 1.29 is 13.4 Å². The summed E-state index contributed by atoms with van der Waals surface area (Å²) in [6.07, 6.45) is 4.05. The van der Waals surface area contributed by atoms with Crippen LogP contribution in [0.1, 0.15) is 57.2 Å². The Hall–Kier alpha value is -3.97. The Labute approximate surface area is 223 Å². The summed E-state index contributed by atoms with van der Waals surface area (Å²) in [5.74, 6) is -0.344. The van der Waals surface area contributed by atoms with Gasteiger partial charge in [0, 0.05) is 22.9 Å². The van der Waals surface area contributed by atoms with Gasteiger partial charge in [0.15, 0.2) is 11.9 Å². The van der Waals surface area contributed by atoms with E-state index in [-0.39, 0.29) is 16.6 Å². The number of halogens is 1. The molecule has 4 heteroatoms. The highest BCUT2D eigenvalue weighted by Crippen LogP contribution is 2.52. The van der Waals surface area contributed by atoms with Gasteiger partial charge in [0.1, 0.15) is 24.0 Å². The average molecular weight is 504 g/mol. The topological polar surface area (TPSA) is 21.4 Å². The number of aryl methyl sites for hydroxylation is 2. The first-order chi connectivity index (χ1) is 18.0. The van der Waals surface area contributed by atoms with Crippen molar-refractivity contribution in [2.75, 3.05) is 0 Å². The summed E-state index contributed by atoms with van der Waals surface area (Å²) in [7, 11) is 2.02. The number of hydrogen-bond acceptors (Lipinski definition) is 1. The van der Waals surface area contributed by atoms with Gasteiger partial charge in [-0.05, 0) is 77.1 Å². The minimum atomic E-state index is -0.344. The molecule has 0 atom stereocenters. The fraction of sp³-hybridized carbons (Fsp3) is 0.294. The first-order valence-corrected chi connectivity index (χ1v) is 13.2. The van der Waals surface area contributed by atoms with Crippen LogP contribution in [-0.2, 0) is 17.9 Å². The molecule has 6 rings (SSSR count). The summed E-state index contributed by atoms with van der Waals surface area (Å²) >= 11 is 0. The molecule has 5 aromatic rings. The predicted molar refractivity (Wildman–Crippen MR) is 152 cm³/mol. The van der Waals surface area contributed by atoms with E-state index in [1.165, 1.54) is 6.07 Å². The molecule has 0 amide bonds. The van der Waals surface area contributed by atoms with Crippen LogP contribution < -0.4 is 4.57 Å². The molecule has 0 aliphatic heterocycles. The third kappa shape index (κ3) is 3.49. The minimum Gasteiger partial charge on any atom is -0.454 e. The van der Waals surface area contributed by atoms with E-state index in [2.05, 4.69) is 68.3 Å². The molecule has 0 saturated carbocycles. The van der Waals surface area contributed by atoms with Crippen LogP contribution in [0.4, 0.5) is 10.1 Å². The van der Waals surface area contributed by atoms with E-state index >= 15 is 4.39 Å². The van der Waals surface area contributed by atoms with E-state index in [4.69, 9.17) is 11.0 Å². The highest BCUT2D eigenvalue weighted by molar-refractivity contribution is 6.13. The van der Waals surface area contributed by atoms with E-state index in [0.717, 1.165) is 57.1 Å². The Morgan fingerprint density at radius 1 is 0.895 bits per heavy atom. The van der Waals surface area contributed by atoms with Gasteiger partial charge in [-0.15, -0.1) is 0 Å². The van der Waals surface area contributed by atoms with Crippen LogP contribution in [0.25, 0.3) is 49.2 Å². The second-order valence-electron chi connectivity index (χ2n) is 12.0. The van der Waals surface area contributed by atoms with Crippen molar-refractivity contribution in [1.29, 1.82) is 0 Å². The Morgan fingerprint density at radius 3 is 2.29 bits per heavy atom. The quantitative estimate of drug-likeness (QED) is 0.174. The lowest BCUT2D eigenvalue weighted by Gasteiger charge is -2.43. The molecular weight excluding hydrogens is 471 g/mol. The van der Waals surface area contributed by atoms with Crippen LogP contribution in [0.5, 0.6) is 0 Å². The Kier molecular flexibility index (Phi) is 5.30. The van der Waals surface area contributed by atoms with Crippen LogP contribution in [0.3, 0.4) is 0 Å². The Morgan fingerprint density at radius 2 is 1.58 bits per heavy atom. The van der Waals surface area contributed by atoms with Crippen molar-refractivity contribution in [3.8, 4) is 22.4 Å². The van der Waals surface area contributed by atoms with Gasteiger partial charge < -0.3 is 4.42 Å². The molecule has 0 bridgehead atoms. The number of pyridine rings is 1. The maximum atomic E-state index is 15.8. The van der Waals surface area contributed by atoms with Gasteiger partial charge in [-0.1, -0.05) is 45.9 Å². The monoisotopic (exact) mass is 503 g/mol. The smallest absolute Gasteiger partial charge is 0.216 e. The fourth-order valence-electron chi connectivity index (χ4n) is 6.34. The summed E-state index contributed by atoms with van der Waals surface area (Å²) < 4.78 is 24.5. The fourth-order valence-corrected chi connectivity index (χ4v) is 6.34. The third-order valence-corrected chi connectivity index (χ3v) is 8.59. The maximum Gasteiger partial charge on any atom is 0.216 e. The van der Waals surface area contributed by atoms with Crippen molar-refractivity contribution in [2.24, 2.45) is 7.05 Å². The summed E-state index contributed by atoms with van der Waals surface area (Å²) in [4.78, 5) is 3.95. The van der Waals surface area contributed by atoms with Crippen molar-refractivity contribution in [3.05, 3.63) is 94.7 Å². The lowest BCUT2D eigenvalue weighted by Crippen LogP contribution is -2.33. The SMILES string of the molecule is [C-]#[N+]c1cc(-c2c(F)ccc3c2oc2c(-c4cccc[n+]4C)c(C)ccc23)cc2c1C(C)(C)CCC2(C)C. The van der Waals surface area contributed by atoms with Crippen molar-refractivity contribution in [1.82, 2.24) is 0 Å². The highest BCUT2D eigenvalue weighted by Gasteiger charge is 2.39. The Bertz CT molecular complexity index is 1820. The molecule has 0 spiro atoms. The van der Waals surface area contributed by atoms with Gasteiger partial charge in [-0.2, -0.15) is 0 Å². The van der Waals surface area contributed by atoms with Crippen LogP contribution >= 0.6 is 0 Å². The first kappa shape index (κ1) is 24.4. The largest absolute Gasteiger partial charge is 0.454 e. The normalized spacial score (nSPS) is 15.9. The zero-order chi connectivity index (χ0) is 27.0. The third-order valence-electron chi connectivity index (χ3n) is 8.59. The molecule has 2 aromatic heterocycles. The zero-order valence-corrected chi connectivity index (χ0v) is 22.9. The molecule has 0 fully saturated rings. The van der Waals surface area contributed by atoms with Crippen LogP contribution in [0.15, 0.2) is 65.2 Å². The van der Waals surface area contributed by atoms with E-state index in [1.54, 1.807) is 0 Å². The van der Waals surface area contributed by atoms with Crippen LogP contribution in [0.2, 0.25) is 0 Å². The molecular formula is C34H32FN2O+. The highest BCUT2D eigenvalue weighted by atomic mass is 19.1. The number of rotatable bonds is 2. The number of benzene rings is 3. The van der Waals surface area contributed by atoms with Gasteiger partial charge >= 0.3 is 0 Å². The second kappa shape index (κ2) is 8.27. The van der Waals surface area contributed by atoms with E-state index < -0.39 is 0 Å². The molecule has 0 unspecified atom stereocenters. The van der Waals surface area contributed by atoms with Crippen molar-refractivity contribution in [2.45, 2.75) is 58.3 Å². The lowest BCUT2D eigenvalue weighted by atomic mass is 9.62. The summed E-state index contributed by atoms with van der Waals surface area (Å²) in [5, 5.41) is 1.83. The van der Waals surface area contributed by atoms with Crippen LogP contribution in [-0.4, -0.2) is 0 Å². The average Bonchev–Trinajstić information content (AvgIpc) is 3.25. The maximum absolute atomic E-state index is 15.8. The predicted octanol–water partition coefficient (Wildman–Crippen LogP) is 9.09.